The molecule has 3 aromatic heterocycles. The van der Waals surface area contributed by atoms with Gasteiger partial charge in [-0.1, -0.05) is 11.2 Å². The number of benzene rings is 1. The molecular formula is C22H21N5O4S. The lowest BCUT2D eigenvalue weighted by Crippen LogP contribution is -2.11. The van der Waals surface area contributed by atoms with E-state index in [-0.39, 0.29) is 11.6 Å². The number of anilines is 1. The van der Waals surface area contributed by atoms with E-state index < -0.39 is 5.97 Å². The molecule has 0 saturated carbocycles. The third kappa shape index (κ3) is 5.27. The van der Waals surface area contributed by atoms with E-state index in [9.17, 15) is 9.59 Å². The lowest BCUT2D eigenvalue weighted by molar-refractivity contribution is -0.116. The van der Waals surface area contributed by atoms with Gasteiger partial charge in [0.1, 0.15) is 0 Å². The summed E-state index contributed by atoms with van der Waals surface area (Å²) in [5, 5.41) is 13.0. The Balaban J connectivity index is 1.25. The van der Waals surface area contributed by atoms with Crippen molar-refractivity contribution in [1.29, 1.82) is 0 Å². The Kier molecular flexibility index (Phi) is 6.71. The van der Waals surface area contributed by atoms with Gasteiger partial charge in [-0.05, 0) is 55.1 Å². The van der Waals surface area contributed by atoms with Crippen LogP contribution in [-0.2, 0) is 16.0 Å². The number of thiophene rings is 1. The van der Waals surface area contributed by atoms with Gasteiger partial charge in [0.25, 0.3) is 0 Å². The zero-order valence-corrected chi connectivity index (χ0v) is 18.2. The average Bonchev–Trinajstić information content (AvgIpc) is 3.55. The van der Waals surface area contributed by atoms with Crippen LogP contribution in [0.25, 0.3) is 16.4 Å². The monoisotopic (exact) mass is 451 g/mol. The minimum atomic E-state index is -0.460. The second-order valence-corrected chi connectivity index (χ2v) is 7.75. The van der Waals surface area contributed by atoms with Gasteiger partial charge in [0.15, 0.2) is 5.69 Å². The number of carbonyl (C=O) groups is 2. The largest absolute Gasteiger partial charge is 0.461 e. The second-order valence-electron chi connectivity index (χ2n) is 6.80. The molecule has 1 aromatic carbocycles. The predicted molar refractivity (Wildman–Crippen MR) is 119 cm³/mol. The fourth-order valence-electron chi connectivity index (χ4n) is 2.97. The lowest BCUT2D eigenvalue weighted by atomic mass is 10.2. The smallest absolute Gasteiger partial charge is 0.358 e. The van der Waals surface area contributed by atoms with E-state index in [0.29, 0.717) is 43.3 Å². The molecule has 0 radical (unpaired) electrons. The fraction of sp³-hybridized carbons (Fsp3) is 0.227. The van der Waals surface area contributed by atoms with Crippen molar-refractivity contribution in [3.05, 3.63) is 65.6 Å². The number of hydrogen-bond donors (Lipinski definition) is 1. The summed E-state index contributed by atoms with van der Waals surface area (Å²) in [6.45, 7) is 2.04. The van der Waals surface area contributed by atoms with E-state index in [2.05, 4.69) is 20.6 Å². The number of hydrogen-bond acceptors (Lipinski definition) is 8. The Morgan fingerprint density at radius 3 is 2.78 bits per heavy atom. The molecule has 0 spiro atoms. The number of aryl methyl sites for hydroxylation is 1. The van der Waals surface area contributed by atoms with Gasteiger partial charge in [-0.2, -0.15) is 10.1 Å². The summed E-state index contributed by atoms with van der Waals surface area (Å²) < 4.78 is 11.8. The minimum absolute atomic E-state index is 0.0977. The highest BCUT2D eigenvalue weighted by molar-refractivity contribution is 7.13. The van der Waals surface area contributed by atoms with Crippen molar-refractivity contribution in [3.63, 3.8) is 0 Å². The van der Waals surface area contributed by atoms with E-state index in [1.54, 1.807) is 47.3 Å². The molecule has 0 unspecified atom stereocenters. The summed E-state index contributed by atoms with van der Waals surface area (Å²) in [4.78, 5) is 29.3. The molecule has 1 amide bonds. The maximum absolute atomic E-state index is 12.2. The van der Waals surface area contributed by atoms with Gasteiger partial charge in [0, 0.05) is 24.7 Å². The van der Waals surface area contributed by atoms with Gasteiger partial charge in [-0.3, -0.25) is 4.79 Å². The molecule has 0 atom stereocenters. The number of esters is 1. The fourth-order valence-corrected chi connectivity index (χ4v) is 3.61. The molecule has 0 aliphatic heterocycles. The molecule has 4 rings (SSSR count). The molecule has 0 fully saturated rings. The number of rotatable bonds is 9. The highest BCUT2D eigenvalue weighted by atomic mass is 32.1. The summed E-state index contributed by atoms with van der Waals surface area (Å²) in [6.07, 6.45) is 3.15. The first kappa shape index (κ1) is 21.4. The predicted octanol–water partition coefficient (Wildman–Crippen LogP) is 4.12. The summed E-state index contributed by atoms with van der Waals surface area (Å²) in [6, 6.07) is 12.6. The highest BCUT2D eigenvalue weighted by Gasteiger charge is 2.12. The van der Waals surface area contributed by atoms with Crippen LogP contribution in [-0.4, -0.2) is 38.4 Å². The molecule has 0 saturated heterocycles. The van der Waals surface area contributed by atoms with Crippen molar-refractivity contribution in [2.75, 3.05) is 11.9 Å². The Morgan fingerprint density at radius 2 is 2.03 bits per heavy atom. The zero-order valence-electron chi connectivity index (χ0n) is 17.4. The van der Waals surface area contributed by atoms with Crippen LogP contribution < -0.4 is 5.32 Å². The zero-order chi connectivity index (χ0) is 22.3. The van der Waals surface area contributed by atoms with E-state index in [4.69, 9.17) is 9.26 Å². The van der Waals surface area contributed by atoms with E-state index in [0.717, 1.165) is 10.6 Å². The topological polar surface area (TPSA) is 112 Å². The lowest BCUT2D eigenvalue weighted by Gasteiger charge is -2.06. The molecule has 164 valence electrons. The Bertz CT molecular complexity index is 1180. The molecule has 0 aliphatic carbocycles. The Morgan fingerprint density at radius 1 is 1.19 bits per heavy atom. The third-order valence-corrected chi connectivity index (χ3v) is 5.36. The van der Waals surface area contributed by atoms with Crippen molar-refractivity contribution < 1.29 is 18.8 Å². The maximum Gasteiger partial charge on any atom is 0.358 e. The van der Waals surface area contributed by atoms with Gasteiger partial charge in [-0.15, -0.1) is 11.3 Å². The second kappa shape index (κ2) is 10.0. The van der Waals surface area contributed by atoms with Crippen LogP contribution in [0, 0.1) is 0 Å². The van der Waals surface area contributed by atoms with Gasteiger partial charge in [0.2, 0.25) is 17.6 Å². The summed E-state index contributed by atoms with van der Waals surface area (Å²) in [5.41, 5.74) is 1.68. The van der Waals surface area contributed by atoms with Gasteiger partial charge >= 0.3 is 5.97 Å². The van der Waals surface area contributed by atoms with Crippen molar-refractivity contribution in [2.45, 2.75) is 26.2 Å². The standard InChI is InChI=1S/C22H21N5O4S/c1-2-30-22(29)17-12-13-27(25-17)16-10-8-15(9-11-16)23-19(28)6-3-7-20-24-21(26-31-20)18-5-4-14-32-18/h4-5,8-14H,2-3,6-7H2,1H3,(H,23,28). The molecular weight excluding hydrogens is 430 g/mol. The Labute approximate surface area is 188 Å². The first-order chi connectivity index (χ1) is 15.6. The SMILES string of the molecule is CCOC(=O)c1ccn(-c2ccc(NC(=O)CCCc3nc(-c4cccs4)no3)cc2)n1. The number of nitrogens with zero attached hydrogens (tertiary/aromatic N) is 4. The minimum Gasteiger partial charge on any atom is -0.461 e. The summed E-state index contributed by atoms with van der Waals surface area (Å²) in [7, 11) is 0. The summed E-state index contributed by atoms with van der Waals surface area (Å²) in [5.74, 6) is 0.538. The molecule has 10 heteroatoms. The van der Waals surface area contributed by atoms with Crippen LogP contribution in [0.1, 0.15) is 36.1 Å². The van der Waals surface area contributed by atoms with Crippen molar-refractivity contribution in [1.82, 2.24) is 19.9 Å². The normalized spacial score (nSPS) is 10.8. The molecule has 0 bridgehead atoms. The molecule has 4 aromatic rings. The Hall–Kier alpha value is -3.79. The first-order valence-electron chi connectivity index (χ1n) is 10.1. The van der Waals surface area contributed by atoms with E-state index in [1.807, 2.05) is 29.6 Å². The van der Waals surface area contributed by atoms with E-state index >= 15 is 0 Å². The number of ether oxygens (including phenoxy) is 1. The van der Waals surface area contributed by atoms with Crippen LogP contribution in [0.3, 0.4) is 0 Å². The molecule has 32 heavy (non-hydrogen) atoms. The molecule has 3 heterocycles. The van der Waals surface area contributed by atoms with Gasteiger partial charge in [0.05, 0.1) is 17.2 Å². The van der Waals surface area contributed by atoms with Gasteiger partial charge < -0.3 is 14.6 Å². The van der Waals surface area contributed by atoms with Crippen LogP contribution in [0.4, 0.5) is 5.69 Å². The number of aromatic nitrogens is 4. The quantitative estimate of drug-likeness (QED) is 0.381. The molecule has 9 nitrogen and oxygen atoms in total. The molecule has 1 N–H and O–H groups in total. The van der Waals surface area contributed by atoms with Crippen molar-refractivity contribution >= 4 is 28.9 Å². The van der Waals surface area contributed by atoms with Crippen LogP contribution in [0.5, 0.6) is 0 Å². The number of nitrogens with one attached hydrogen (secondary N) is 1. The van der Waals surface area contributed by atoms with Crippen LogP contribution in [0.15, 0.2) is 58.6 Å². The maximum atomic E-state index is 12.2. The van der Waals surface area contributed by atoms with Crippen LogP contribution >= 0.6 is 11.3 Å². The number of amides is 1. The summed E-state index contributed by atoms with van der Waals surface area (Å²) >= 11 is 1.55. The molecule has 0 aliphatic rings. The van der Waals surface area contributed by atoms with Crippen molar-refractivity contribution in [3.8, 4) is 16.4 Å². The van der Waals surface area contributed by atoms with Crippen molar-refractivity contribution in [2.24, 2.45) is 0 Å². The van der Waals surface area contributed by atoms with Crippen LogP contribution in [0.2, 0.25) is 0 Å². The third-order valence-electron chi connectivity index (χ3n) is 4.49. The first-order valence-corrected chi connectivity index (χ1v) is 11.0. The average molecular weight is 452 g/mol. The highest BCUT2D eigenvalue weighted by Crippen LogP contribution is 2.21. The van der Waals surface area contributed by atoms with Gasteiger partial charge in [-0.25, -0.2) is 9.48 Å². The number of carbonyl (C=O) groups excluding carboxylic acids is 2. The van der Waals surface area contributed by atoms with E-state index in [1.165, 1.54) is 0 Å².